The van der Waals surface area contributed by atoms with Crippen LogP contribution in [-0.4, -0.2) is 49.3 Å². The molecule has 0 saturated heterocycles. The largest absolute Gasteiger partial charge is 0.496 e. The summed E-state index contributed by atoms with van der Waals surface area (Å²) in [6.45, 7) is 1.82. The van der Waals surface area contributed by atoms with Gasteiger partial charge in [-0.25, -0.2) is 0 Å². The van der Waals surface area contributed by atoms with Gasteiger partial charge in [0.1, 0.15) is 5.75 Å². The third-order valence-electron chi connectivity index (χ3n) is 3.65. The van der Waals surface area contributed by atoms with E-state index in [-0.39, 0.29) is 22.3 Å². The van der Waals surface area contributed by atoms with Crippen molar-refractivity contribution in [1.82, 2.24) is 4.90 Å². The molecule has 0 aromatic heterocycles. The minimum Gasteiger partial charge on any atom is -0.496 e. The first kappa shape index (κ1) is 22.4. The molecule has 146 valence electrons. The van der Waals surface area contributed by atoms with Gasteiger partial charge in [-0.2, -0.15) is 26.3 Å². The van der Waals surface area contributed by atoms with Gasteiger partial charge in [-0.15, -0.1) is 5.73 Å². The molecular weight excluding hydrogens is 376 g/mol. The summed E-state index contributed by atoms with van der Waals surface area (Å²) in [6.07, 6.45) is -11.6. The molecule has 1 aromatic rings. The van der Waals surface area contributed by atoms with Crippen LogP contribution in [0.25, 0.3) is 0 Å². The van der Waals surface area contributed by atoms with Gasteiger partial charge in [-0.05, 0) is 31.2 Å². The van der Waals surface area contributed by atoms with E-state index in [2.05, 4.69) is 6.58 Å². The molecule has 0 saturated carbocycles. The van der Waals surface area contributed by atoms with Crippen molar-refractivity contribution in [3.63, 3.8) is 0 Å². The Hall–Kier alpha value is -2.69. The van der Waals surface area contributed by atoms with Crippen LogP contribution in [-0.2, 0) is 0 Å². The predicted octanol–water partition coefficient (Wildman–Crippen LogP) is 4.02. The zero-order valence-electron chi connectivity index (χ0n) is 14.3. The number of alkyl halides is 6. The number of benzene rings is 1. The summed E-state index contributed by atoms with van der Waals surface area (Å²) in [4.78, 5) is 12.0. The topological polar surface area (TPSA) is 29.5 Å². The van der Waals surface area contributed by atoms with Crippen LogP contribution >= 0.6 is 0 Å². The Balaban J connectivity index is 3.19. The SMILES string of the molecule is C=C=CC(N(C)CC#CC(=O)c1ccccc1OC)(C(F)(F)F)C(F)(F)F. The molecule has 0 unspecified atom stereocenters. The highest BCUT2D eigenvalue weighted by molar-refractivity contribution is 6.10. The van der Waals surface area contributed by atoms with Gasteiger partial charge in [-0.1, -0.05) is 24.6 Å². The van der Waals surface area contributed by atoms with Crippen LogP contribution in [0.2, 0.25) is 0 Å². The van der Waals surface area contributed by atoms with E-state index in [0.717, 1.165) is 0 Å². The second-order valence-corrected chi connectivity index (χ2v) is 5.30. The van der Waals surface area contributed by atoms with E-state index in [1.807, 2.05) is 11.8 Å². The number of Topliss-reactive ketones (excluding diaryl/α,β-unsaturated/α-hetero) is 1. The van der Waals surface area contributed by atoms with Gasteiger partial charge in [0, 0.05) is 0 Å². The summed E-state index contributed by atoms with van der Waals surface area (Å²) in [5.74, 6) is 3.45. The van der Waals surface area contributed by atoms with Crippen molar-refractivity contribution in [2.75, 3.05) is 20.7 Å². The molecule has 3 nitrogen and oxygen atoms in total. The third kappa shape index (κ3) is 4.54. The van der Waals surface area contributed by atoms with Gasteiger partial charge in [0.05, 0.1) is 19.2 Å². The lowest BCUT2D eigenvalue weighted by Crippen LogP contribution is -2.65. The molecule has 0 atom stereocenters. The maximum atomic E-state index is 13.3. The maximum Gasteiger partial charge on any atom is 0.420 e. The van der Waals surface area contributed by atoms with E-state index >= 15 is 0 Å². The molecular formula is C18H15F6NO2. The summed E-state index contributed by atoms with van der Waals surface area (Å²) in [6, 6.07) is 5.93. The van der Waals surface area contributed by atoms with Gasteiger partial charge in [0.2, 0.25) is 11.3 Å². The van der Waals surface area contributed by atoms with Crippen LogP contribution in [0.4, 0.5) is 26.3 Å². The summed E-state index contributed by atoms with van der Waals surface area (Å²) >= 11 is 0. The Kier molecular flexibility index (Phi) is 6.90. The fourth-order valence-electron chi connectivity index (χ4n) is 2.28. The van der Waals surface area contributed by atoms with Crippen molar-refractivity contribution in [1.29, 1.82) is 0 Å². The normalized spacial score (nSPS) is 12.0. The van der Waals surface area contributed by atoms with Crippen molar-refractivity contribution in [3.05, 3.63) is 48.2 Å². The number of halogens is 6. The summed E-state index contributed by atoms with van der Waals surface area (Å²) in [5, 5.41) is 0. The van der Waals surface area contributed by atoms with Gasteiger partial charge in [0.25, 0.3) is 0 Å². The fourth-order valence-corrected chi connectivity index (χ4v) is 2.28. The minimum atomic E-state index is -5.71. The van der Waals surface area contributed by atoms with Crippen molar-refractivity contribution < 1.29 is 35.9 Å². The van der Waals surface area contributed by atoms with Crippen LogP contribution in [0, 0.1) is 11.8 Å². The number of ether oxygens (including phenoxy) is 1. The van der Waals surface area contributed by atoms with E-state index in [9.17, 15) is 31.1 Å². The highest BCUT2D eigenvalue weighted by atomic mass is 19.4. The van der Waals surface area contributed by atoms with E-state index in [1.54, 1.807) is 11.8 Å². The lowest BCUT2D eigenvalue weighted by Gasteiger charge is -2.40. The smallest absolute Gasteiger partial charge is 0.420 e. The zero-order valence-corrected chi connectivity index (χ0v) is 14.3. The molecule has 0 bridgehead atoms. The first-order valence-corrected chi connectivity index (χ1v) is 7.30. The van der Waals surface area contributed by atoms with E-state index in [1.165, 1.54) is 25.3 Å². The van der Waals surface area contributed by atoms with Crippen LogP contribution in [0.5, 0.6) is 5.75 Å². The lowest BCUT2D eigenvalue weighted by atomic mass is 9.95. The molecule has 0 spiro atoms. The number of hydrogen-bond donors (Lipinski definition) is 0. The molecule has 27 heavy (non-hydrogen) atoms. The Morgan fingerprint density at radius 2 is 1.74 bits per heavy atom. The third-order valence-corrected chi connectivity index (χ3v) is 3.65. The number of carbonyl (C=O) groups is 1. The van der Waals surface area contributed by atoms with Gasteiger partial charge >= 0.3 is 12.4 Å². The summed E-state index contributed by atoms with van der Waals surface area (Å²) < 4.78 is 84.5. The number of para-hydroxylation sites is 1. The predicted molar refractivity (Wildman–Crippen MR) is 86.3 cm³/mol. The molecule has 0 aliphatic rings. The van der Waals surface area contributed by atoms with Gasteiger partial charge in [-0.3, -0.25) is 9.69 Å². The lowest BCUT2D eigenvalue weighted by molar-refractivity contribution is -0.318. The molecule has 0 fully saturated rings. The number of nitrogens with zero attached hydrogens (tertiary/aromatic N) is 1. The molecule has 1 aromatic carbocycles. The molecule has 9 heteroatoms. The van der Waals surface area contributed by atoms with E-state index in [0.29, 0.717) is 7.05 Å². The summed E-state index contributed by atoms with van der Waals surface area (Å²) in [7, 11) is 1.90. The van der Waals surface area contributed by atoms with Crippen LogP contribution in [0.1, 0.15) is 10.4 Å². The maximum absolute atomic E-state index is 13.3. The van der Waals surface area contributed by atoms with E-state index < -0.39 is 30.2 Å². The van der Waals surface area contributed by atoms with Gasteiger partial charge < -0.3 is 4.74 Å². The average Bonchev–Trinajstić information content (AvgIpc) is 2.56. The van der Waals surface area contributed by atoms with Crippen LogP contribution in [0.15, 0.2) is 42.7 Å². The molecule has 0 amide bonds. The first-order valence-electron chi connectivity index (χ1n) is 7.30. The highest BCUT2D eigenvalue weighted by Crippen LogP contribution is 2.47. The highest BCUT2D eigenvalue weighted by Gasteiger charge is 2.71. The van der Waals surface area contributed by atoms with Crippen LogP contribution < -0.4 is 4.74 Å². The number of ketones is 1. The monoisotopic (exact) mass is 391 g/mol. The number of methoxy groups -OCH3 is 1. The molecule has 0 radical (unpaired) electrons. The van der Waals surface area contributed by atoms with Crippen molar-refractivity contribution in [3.8, 4) is 17.6 Å². The molecule has 0 aliphatic heterocycles. The van der Waals surface area contributed by atoms with E-state index in [4.69, 9.17) is 4.74 Å². The Bertz CT molecular complexity index is 781. The van der Waals surface area contributed by atoms with Crippen molar-refractivity contribution >= 4 is 5.78 Å². The standard InChI is InChI=1S/C18H15F6NO2/c1-4-11-16(17(19,20)21,18(22,23)24)25(2)12-7-9-14(26)13-8-5-6-10-15(13)27-3/h5-6,8,10-11H,1,12H2,2-3H3. The number of carbonyl (C=O) groups excluding carboxylic acids is 1. The average molecular weight is 391 g/mol. The first-order chi connectivity index (χ1) is 12.4. The molecule has 0 heterocycles. The Morgan fingerprint density at radius 1 is 1.19 bits per heavy atom. The summed E-state index contributed by atoms with van der Waals surface area (Å²) in [5.41, 5.74) is -2.73. The van der Waals surface area contributed by atoms with Crippen molar-refractivity contribution in [2.45, 2.75) is 17.9 Å². The van der Waals surface area contributed by atoms with Gasteiger partial charge in [0.15, 0.2) is 0 Å². The number of hydrogen-bond acceptors (Lipinski definition) is 3. The zero-order chi connectivity index (χ0) is 20.9. The molecule has 0 N–H and O–H groups in total. The second kappa shape index (κ2) is 8.33. The number of rotatable bonds is 5. The number of likely N-dealkylation sites (N-methyl/N-ethyl adjacent to an activating group) is 1. The molecule has 0 aliphatic carbocycles. The quantitative estimate of drug-likeness (QED) is 0.250. The van der Waals surface area contributed by atoms with Crippen LogP contribution in [0.3, 0.4) is 0 Å². The second-order valence-electron chi connectivity index (χ2n) is 5.30. The minimum absolute atomic E-state index is 0.0408. The molecule has 1 rings (SSSR count). The Morgan fingerprint density at radius 3 is 2.22 bits per heavy atom. The van der Waals surface area contributed by atoms with Crippen molar-refractivity contribution in [2.24, 2.45) is 0 Å². The fraction of sp³-hybridized carbons (Fsp3) is 0.333. The Labute approximate surface area is 151 Å².